The van der Waals surface area contributed by atoms with E-state index in [2.05, 4.69) is 23.8 Å². The summed E-state index contributed by atoms with van der Waals surface area (Å²) in [5, 5.41) is 0. The van der Waals surface area contributed by atoms with Crippen LogP contribution in [0.3, 0.4) is 0 Å². The van der Waals surface area contributed by atoms with Crippen molar-refractivity contribution in [1.82, 2.24) is 0 Å². The van der Waals surface area contributed by atoms with Crippen LogP contribution in [0.1, 0.15) is 84.0 Å². The first-order chi connectivity index (χ1) is 10.8. The van der Waals surface area contributed by atoms with Crippen LogP contribution in [0, 0.1) is 0 Å². The van der Waals surface area contributed by atoms with Crippen LogP contribution in [0.2, 0.25) is 0 Å². The Morgan fingerprint density at radius 3 is 2.55 bits per heavy atom. The van der Waals surface area contributed by atoms with E-state index in [1.54, 1.807) is 0 Å². The normalized spacial score (nSPS) is 20.5. The molecule has 0 bridgehead atoms. The van der Waals surface area contributed by atoms with Gasteiger partial charge >= 0.3 is 5.97 Å². The molecule has 2 unspecified atom stereocenters. The largest absolute Gasteiger partial charge is 0.469 e. The maximum absolute atomic E-state index is 10.9. The fourth-order valence-electron chi connectivity index (χ4n) is 2.75. The van der Waals surface area contributed by atoms with Gasteiger partial charge in [0.2, 0.25) is 0 Å². The summed E-state index contributed by atoms with van der Waals surface area (Å²) < 4.78 is 10.3. The Morgan fingerprint density at radius 1 is 1.00 bits per heavy atom. The predicted octanol–water partition coefficient (Wildman–Crippen LogP) is 5.18. The Labute approximate surface area is 136 Å². The number of hydrogen-bond donors (Lipinski definition) is 0. The molecule has 1 aliphatic heterocycles. The Balaban J connectivity index is 1.80. The molecule has 0 aromatic carbocycles. The van der Waals surface area contributed by atoms with Gasteiger partial charge in [0.15, 0.2) is 0 Å². The lowest BCUT2D eigenvalue weighted by Crippen LogP contribution is -1.99. The molecule has 0 spiro atoms. The van der Waals surface area contributed by atoms with Crippen molar-refractivity contribution < 1.29 is 14.3 Å². The Morgan fingerprint density at radius 2 is 1.77 bits per heavy atom. The smallest absolute Gasteiger partial charge is 0.305 e. The number of esters is 1. The maximum Gasteiger partial charge on any atom is 0.305 e. The van der Waals surface area contributed by atoms with Crippen LogP contribution in [0.4, 0.5) is 0 Å². The van der Waals surface area contributed by atoms with E-state index in [4.69, 9.17) is 4.74 Å². The third kappa shape index (κ3) is 9.99. The molecule has 1 saturated heterocycles. The first kappa shape index (κ1) is 19.2. The molecule has 1 rings (SSSR count). The number of rotatable bonds is 14. The summed E-state index contributed by atoms with van der Waals surface area (Å²) in [7, 11) is 1.45. The molecule has 1 heterocycles. The van der Waals surface area contributed by atoms with Crippen LogP contribution in [0.5, 0.6) is 0 Å². The van der Waals surface area contributed by atoms with E-state index in [1.807, 2.05) is 0 Å². The van der Waals surface area contributed by atoms with E-state index >= 15 is 0 Å². The molecule has 22 heavy (non-hydrogen) atoms. The van der Waals surface area contributed by atoms with Gasteiger partial charge in [0.25, 0.3) is 0 Å². The summed E-state index contributed by atoms with van der Waals surface area (Å²) in [4.78, 5) is 10.9. The van der Waals surface area contributed by atoms with Crippen molar-refractivity contribution in [2.45, 2.75) is 96.2 Å². The summed E-state index contributed by atoms with van der Waals surface area (Å²) in [5.74, 6) is -0.0850. The number of allylic oxidation sites excluding steroid dienone is 1. The van der Waals surface area contributed by atoms with Crippen LogP contribution in [0.15, 0.2) is 12.2 Å². The molecular weight excluding hydrogens is 276 g/mol. The molecule has 128 valence electrons. The van der Waals surface area contributed by atoms with Gasteiger partial charge in [0, 0.05) is 6.42 Å². The van der Waals surface area contributed by atoms with Gasteiger partial charge < -0.3 is 9.47 Å². The zero-order valence-corrected chi connectivity index (χ0v) is 14.5. The number of ether oxygens (including phenoxy) is 2. The first-order valence-corrected chi connectivity index (χ1v) is 9.15. The van der Waals surface area contributed by atoms with E-state index in [9.17, 15) is 4.79 Å². The second-order valence-electron chi connectivity index (χ2n) is 6.30. The highest BCUT2D eigenvalue weighted by atomic mass is 16.6. The first-order valence-electron chi connectivity index (χ1n) is 9.15. The van der Waals surface area contributed by atoms with Gasteiger partial charge in [0.1, 0.15) is 0 Å². The highest BCUT2D eigenvalue weighted by Gasteiger charge is 2.36. The lowest BCUT2D eigenvalue weighted by molar-refractivity contribution is -0.140. The standard InChI is InChI=1S/C19H34O3/c1-3-4-11-14-17-18(22-17)15-12-9-7-5-6-8-10-13-16-19(20)21-2/h9,12,17-18H,3-8,10-11,13-16H2,1-2H3. The molecule has 1 fully saturated rings. The van der Waals surface area contributed by atoms with Crippen LogP contribution >= 0.6 is 0 Å². The van der Waals surface area contributed by atoms with Gasteiger partial charge in [-0.2, -0.15) is 0 Å². The number of unbranched alkanes of at least 4 members (excludes halogenated alkanes) is 7. The van der Waals surface area contributed by atoms with Gasteiger partial charge in [-0.15, -0.1) is 0 Å². The topological polar surface area (TPSA) is 38.8 Å². The minimum Gasteiger partial charge on any atom is -0.469 e. The molecule has 3 heteroatoms. The van der Waals surface area contributed by atoms with Gasteiger partial charge in [-0.3, -0.25) is 4.79 Å². The van der Waals surface area contributed by atoms with Crippen LogP contribution in [-0.2, 0) is 14.3 Å². The summed E-state index contributed by atoms with van der Waals surface area (Å²) >= 11 is 0. The lowest BCUT2D eigenvalue weighted by atomic mass is 10.1. The molecule has 0 N–H and O–H groups in total. The molecule has 0 radical (unpaired) electrons. The number of epoxide rings is 1. The van der Waals surface area contributed by atoms with E-state index < -0.39 is 0 Å². The Hall–Kier alpha value is -0.830. The van der Waals surface area contributed by atoms with Crippen LogP contribution in [-0.4, -0.2) is 25.3 Å². The van der Waals surface area contributed by atoms with Crippen molar-refractivity contribution in [2.24, 2.45) is 0 Å². The molecule has 0 amide bonds. The monoisotopic (exact) mass is 310 g/mol. The molecular formula is C19H34O3. The van der Waals surface area contributed by atoms with Gasteiger partial charge in [-0.05, 0) is 32.1 Å². The number of methoxy groups -OCH3 is 1. The number of carbonyl (C=O) groups is 1. The van der Waals surface area contributed by atoms with Crippen molar-refractivity contribution >= 4 is 5.97 Å². The minimum absolute atomic E-state index is 0.0850. The van der Waals surface area contributed by atoms with Crippen molar-refractivity contribution in [2.75, 3.05) is 7.11 Å². The number of hydrogen-bond acceptors (Lipinski definition) is 3. The van der Waals surface area contributed by atoms with E-state index in [0.717, 1.165) is 19.3 Å². The van der Waals surface area contributed by atoms with E-state index in [0.29, 0.717) is 18.6 Å². The van der Waals surface area contributed by atoms with Crippen molar-refractivity contribution in [3.8, 4) is 0 Å². The minimum atomic E-state index is -0.0850. The molecule has 0 saturated carbocycles. The predicted molar refractivity (Wildman–Crippen MR) is 90.9 cm³/mol. The van der Waals surface area contributed by atoms with Crippen LogP contribution in [0.25, 0.3) is 0 Å². The van der Waals surface area contributed by atoms with E-state index in [1.165, 1.54) is 58.5 Å². The fraction of sp³-hybridized carbons (Fsp3) is 0.842. The molecule has 3 nitrogen and oxygen atoms in total. The zero-order chi connectivity index (χ0) is 16.0. The second-order valence-corrected chi connectivity index (χ2v) is 6.30. The van der Waals surface area contributed by atoms with Gasteiger partial charge in [-0.25, -0.2) is 0 Å². The average Bonchev–Trinajstić information content (AvgIpc) is 3.27. The summed E-state index contributed by atoms with van der Waals surface area (Å²) in [5.41, 5.74) is 0. The fourth-order valence-corrected chi connectivity index (χ4v) is 2.75. The van der Waals surface area contributed by atoms with E-state index in [-0.39, 0.29) is 5.97 Å². The average molecular weight is 310 g/mol. The number of carbonyl (C=O) groups excluding carboxylic acids is 1. The van der Waals surface area contributed by atoms with Crippen molar-refractivity contribution in [3.63, 3.8) is 0 Å². The Bertz CT molecular complexity index is 312. The SMILES string of the molecule is CCCCCC1OC1CC=CCCCCCCCC(=O)OC. The third-order valence-corrected chi connectivity index (χ3v) is 4.29. The molecule has 2 atom stereocenters. The summed E-state index contributed by atoms with van der Waals surface area (Å²) in [6.45, 7) is 2.24. The molecule has 0 aromatic heterocycles. The molecule has 0 aromatic rings. The van der Waals surface area contributed by atoms with Gasteiger partial charge in [-0.1, -0.05) is 57.6 Å². The zero-order valence-electron chi connectivity index (χ0n) is 14.5. The maximum atomic E-state index is 10.9. The third-order valence-electron chi connectivity index (χ3n) is 4.29. The summed E-state index contributed by atoms with van der Waals surface area (Å²) in [6.07, 6.45) is 19.5. The highest BCUT2D eigenvalue weighted by Crippen LogP contribution is 2.30. The summed E-state index contributed by atoms with van der Waals surface area (Å²) in [6, 6.07) is 0. The quantitative estimate of drug-likeness (QED) is 0.192. The Kier molecular flexibility index (Phi) is 11.1. The van der Waals surface area contributed by atoms with Gasteiger partial charge in [0.05, 0.1) is 19.3 Å². The van der Waals surface area contributed by atoms with Crippen molar-refractivity contribution in [3.05, 3.63) is 12.2 Å². The molecule has 1 aliphatic rings. The van der Waals surface area contributed by atoms with Crippen molar-refractivity contribution in [1.29, 1.82) is 0 Å². The second kappa shape index (κ2) is 12.7. The molecule has 0 aliphatic carbocycles. The highest BCUT2D eigenvalue weighted by molar-refractivity contribution is 5.68. The van der Waals surface area contributed by atoms with Crippen LogP contribution < -0.4 is 0 Å². The lowest BCUT2D eigenvalue weighted by Gasteiger charge is -2.00.